The third-order valence-electron chi connectivity index (χ3n) is 3.47. The first-order valence-electron chi connectivity index (χ1n) is 7.89. The lowest BCUT2D eigenvalue weighted by atomic mass is 10.2. The van der Waals surface area contributed by atoms with Gasteiger partial charge in [0.1, 0.15) is 5.75 Å². The maximum absolute atomic E-state index is 11.8. The number of rotatable bonds is 7. The zero-order chi connectivity index (χ0) is 19.2. The van der Waals surface area contributed by atoms with Gasteiger partial charge in [0.25, 0.3) is 11.8 Å². The molecule has 3 aromatic rings. The third-order valence-corrected chi connectivity index (χ3v) is 3.72. The van der Waals surface area contributed by atoms with E-state index in [9.17, 15) is 9.59 Å². The van der Waals surface area contributed by atoms with Gasteiger partial charge in [-0.3, -0.25) is 9.59 Å². The van der Waals surface area contributed by atoms with E-state index < -0.39 is 11.8 Å². The molecule has 0 bridgehead atoms. The van der Waals surface area contributed by atoms with Gasteiger partial charge in [0.05, 0.1) is 6.54 Å². The topological polar surface area (TPSA) is 120 Å². The normalized spacial score (nSPS) is 10.4. The lowest BCUT2D eigenvalue weighted by Crippen LogP contribution is -2.33. The van der Waals surface area contributed by atoms with Crippen LogP contribution in [0.4, 0.5) is 0 Å². The molecule has 0 atom stereocenters. The fraction of sp³-hybridized carbons (Fsp3) is 0.111. The van der Waals surface area contributed by atoms with Crippen LogP contribution in [-0.4, -0.2) is 28.5 Å². The number of ether oxygens (including phenoxy) is 1. The number of carbonyl (C=O) groups is 2. The smallest absolute Gasteiger partial charge is 0.258 e. The fourth-order valence-electron chi connectivity index (χ4n) is 2.14. The van der Waals surface area contributed by atoms with Gasteiger partial charge in [-0.25, -0.2) is 0 Å². The van der Waals surface area contributed by atoms with Crippen molar-refractivity contribution in [1.82, 2.24) is 15.5 Å². The monoisotopic (exact) mass is 386 g/mol. The molecular weight excluding hydrogens is 372 g/mol. The van der Waals surface area contributed by atoms with E-state index in [1.165, 1.54) is 0 Å². The largest absolute Gasteiger partial charge is 0.485 e. The number of nitrogens with zero attached hydrogens (tertiary/aromatic N) is 2. The van der Waals surface area contributed by atoms with Gasteiger partial charge < -0.3 is 20.3 Å². The minimum absolute atomic E-state index is 0.101. The van der Waals surface area contributed by atoms with E-state index >= 15 is 0 Å². The lowest BCUT2D eigenvalue weighted by molar-refractivity contribution is -0.117. The average molecular weight is 387 g/mol. The Hall–Kier alpha value is -3.39. The highest BCUT2D eigenvalue weighted by Gasteiger charge is 2.10. The summed E-state index contributed by atoms with van der Waals surface area (Å²) in [4.78, 5) is 26.7. The molecule has 8 nitrogen and oxygen atoms in total. The SMILES string of the molecule is NC(=O)CNC(=O)c1ccc(OCc2noc(-c3ccc(Cl)cc3)n2)cc1. The Labute approximate surface area is 159 Å². The molecule has 1 aromatic heterocycles. The molecule has 0 aliphatic heterocycles. The quantitative estimate of drug-likeness (QED) is 0.642. The molecule has 0 saturated carbocycles. The number of nitrogens with two attached hydrogens (primary N) is 1. The van der Waals surface area contributed by atoms with E-state index in [0.29, 0.717) is 28.1 Å². The molecule has 3 rings (SSSR count). The van der Waals surface area contributed by atoms with Crippen molar-refractivity contribution in [2.24, 2.45) is 5.73 Å². The van der Waals surface area contributed by atoms with Crippen molar-refractivity contribution >= 4 is 23.4 Å². The van der Waals surface area contributed by atoms with E-state index in [2.05, 4.69) is 15.5 Å². The van der Waals surface area contributed by atoms with Crippen LogP contribution >= 0.6 is 11.6 Å². The van der Waals surface area contributed by atoms with Gasteiger partial charge in [-0.05, 0) is 48.5 Å². The fourth-order valence-corrected chi connectivity index (χ4v) is 2.27. The average Bonchev–Trinajstić information content (AvgIpc) is 3.14. The Morgan fingerprint density at radius 3 is 2.48 bits per heavy atom. The number of nitrogens with one attached hydrogen (secondary N) is 1. The number of carbonyl (C=O) groups excluding carboxylic acids is 2. The summed E-state index contributed by atoms with van der Waals surface area (Å²) >= 11 is 5.85. The highest BCUT2D eigenvalue weighted by Crippen LogP contribution is 2.20. The molecule has 2 aromatic carbocycles. The summed E-state index contributed by atoms with van der Waals surface area (Å²) in [6, 6.07) is 13.4. The highest BCUT2D eigenvalue weighted by atomic mass is 35.5. The van der Waals surface area contributed by atoms with Crippen molar-refractivity contribution in [2.75, 3.05) is 6.54 Å². The zero-order valence-electron chi connectivity index (χ0n) is 14.0. The summed E-state index contributed by atoms with van der Waals surface area (Å²) < 4.78 is 10.8. The number of amides is 2. The molecule has 9 heteroatoms. The van der Waals surface area contributed by atoms with Gasteiger partial charge in [-0.2, -0.15) is 4.98 Å². The summed E-state index contributed by atoms with van der Waals surface area (Å²) in [5.74, 6) is 0.266. The van der Waals surface area contributed by atoms with Crippen LogP contribution in [0.2, 0.25) is 5.02 Å². The number of halogens is 1. The highest BCUT2D eigenvalue weighted by molar-refractivity contribution is 6.30. The van der Waals surface area contributed by atoms with Gasteiger partial charge in [0, 0.05) is 16.1 Å². The van der Waals surface area contributed by atoms with Crippen LogP contribution in [0.5, 0.6) is 5.75 Å². The second-order valence-corrected chi connectivity index (χ2v) is 5.92. The van der Waals surface area contributed by atoms with Crippen molar-refractivity contribution in [3.63, 3.8) is 0 Å². The standard InChI is InChI=1S/C18H15ClN4O4/c19-13-5-1-12(2-6-13)18-22-16(23-27-18)10-26-14-7-3-11(4-8-14)17(25)21-9-15(20)24/h1-8H,9-10H2,(H2,20,24)(H,21,25). The molecular formula is C18H15ClN4O4. The molecule has 0 aliphatic carbocycles. The first kappa shape index (κ1) is 18.4. The van der Waals surface area contributed by atoms with Gasteiger partial charge in [0.2, 0.25) is 11.7 Å². The first-order chi connectivity index (χ1) is 13.0. The van der Waals surface area contributed by atoms with Crippen molar-refractivity contribution in [1.29, 1.82) is 0 Å². The van der Waals surface area contributed by atoms with Crippen LogP contribution in [0.15, 0.2) is 53.1 Å². The minimum atomic E-state index is -0.610. The molecule has 0 radical (unpaired) electrons. The predicted molar refractivity (Wildman–Crippen MR) is 97.0 cm³/mol. The molecule has 0 fully saturated rings. The van der Waals surface area contributed by atoms with Crippen LogP contribution in [0.25, 0.3) is 11.5 Å². The Balaban J connectivity index is 1.56. The molecule has 27 heavy (non-hydrogen) atoms. The van der Waals surface area contributed by atoms with Crippen LogP contribution < -0.4 is 15.8 Å². The predicted octanol–water partition coefficient (Wildman–Crippen LogP) is 2.18. The molecule has 3 N–H and O–H groups in total. The second-order valence-electron chi connectivity index (χ2n) is 5.48. The van der Waals surface area contributed by atoms with E-state index in [4.69, 9.17) is 26.6 Å². The van der Waals surface area contributed by atoms with Gasteiger partial charge in [-0.1, -0.05) is 16.8 Å². The number of hydrogen-bond donors (Lipinski definition) is 2. The first-order valence-corrected chi connectivity index (χ1v) is 8.27. The summed E-state index contributed by atoms with van der Waals surface area (Å²) in [5.41, 5.74) is 6.12. The van der Waals surface area contributed by atoms with Crippen LogP contribution in [0.1, 0.15) is 16.2 Å². The van der Waals surface area contributed by atoms with Crippen LogP contribution in [0.3, 0.4) is 0 Å². The van der Waals surface area contributed by atoms with Crippen LogP contribution in [-0.2, 0) is 11.4 Å². The van der Waals surface area contributed by atoms with Crippen molar-refractivity contribution < 1.29 is 18.8 Å². The van der Waals surface area contributed by atoms with E-state index in [1.54, 1.807) is 48.5 Å². The third kappa shape index (κ3) is 5.05. The number of aromatic nitrogens is 2. The maximum atomic E-state index is 11.8. The lowest BCUT2D eigenvalue weighted by Gasteiger charge is -2.05. The second kappa shape index (κ2) is 8.33. The Bertz CT molecular complexity index is 939. The van der Waals surface area contributed by atoms with E-state index in [-0.39, 0.29) is 13.2 Å². The van der Waals surface area contributed by atoms with Gasteiger partial charge in [-0.15, -0.1) is 0 Å². The van der Waals surface area contributed by atoms with Crippen molar-refractivity contribution in [2.45, 2.75) is 6.61 Å². The minimum Gasteiger partial charge on any atom is -0.485 e. The number of benzene rings is 2. The molecule has 2 amide bonds. The van der Waals surface area contributed by atoms with Gasteiger partial charge >= 0.3 is 0 Å². The molecule has 1 heterocycles. The van der Waals surface area contributed by atoms with Crippen molar-refractivity contribution in [3.8, 4) is 17.2 Å². The summed E-state index contributed by atoms with van der Waals surface area (Å²) in [5, 5.41) is 6.89. The molecule has 138 valence electrons. The van der Waals surface area contributed by atoms with E-state index in [1.807, 2.05) is 0 Å². The summed E-state index contributed by atoms with van der Waals surface area (Å²) in [6.45, 7) is -0.116. The number of primary amides is 1. The Morgan fingerprint density at radius 1 is 1.11 bits per heavy atom. The van der Waals surface area contributed by atoms with Crippen LogP contribution in [0, 0.1) is 0 Å². The van der Waals surface area contributed by atoms with Gasteiger partial charge in [0.15, 0.2) is 6.61 Å². The maximum Gasteiger partial charge on any atom is 0.258 e. The molecule has 0 spiro atoms. The Morgan fingerprint density at radius 2 is 1.81 bits per heavy atom. The molecule has 0 aliphatic rings. The Kier molecular flexibility index (Phi) is 5.68. The van der Waals surface area contributed by atoms with E-state index in [0.717, 1.165) is 5.56 Å². The summed E-state index contributed by atoms with van der Waals surface area (Å²) in [6.07, 6.45) is 0. The summed E-state index contributed by atoms with van der Waals surface area (Å²) in [7, 11) is 0. The molecule has 0 saturated heterocycles. The van der Waals surface area contributed by atoms with Crippen molar-refractivity contribution in [3.05, 3.63) is 64.9 Å². The molecule has 0 unspecified atom stereocenters. The number of hydrogen-bond acceptors (Lipinski definition) is 6. The zero-order valence-corrected chi connectivity index (χ0v) is 14.8.